The molecule has 0 atom stereocenters. The third-order valence-corrected chi connectivity index (χ3v) is 0. The van der Waals surface area contributed by atoms with Gasteiger partial charge >= 0.3 is 27.3 Å². The van der Waals surface area contributed by atoms with Gasteiger partial charge in [-0.05, 0) is 0 Å². The van der Waals surface area contributed by atoms with E-state index in [4.69, 9.17) is 0 Å². The predicted molar refractivity (Wildman–Crippen MR) is 7.23 cm³/mol. The molecular formula is H4CdClO2+. The third-order valence-electron chi connectivity index (χ3n) is 0. The monoisotopic (exact) mass is 185 g/mol. The molecule has 24 valence electrons. The zero-order valence-corrected chi connectivity index (χ0v) is 6.88. The maximum Gasteiger partial charge on any atom is 2.00 e. The van der Waals surface area contributed by atoms with E-state index in [0.29, 0.717) is 0 Å². The molecule has 0 spiro atoms. The summed E-state index contributed by atoms with van der Waals surface area (Å²) in [4.78, 5) is 0. The van der Waals surface area contributed by atoms with Gasteiger partial charge in [0.25, 0.3) is 0 Å². The quantitative estimate of drug-likeness (QED) is 0.340. The number of rotatable bonds is 0. The fourth-order valence-corrected chi connectivity index (χ4v) is 0. The van der Waals surface area contributed by atoms with E-state index in [2.05, 4.69) is 0 Å². The zero-order chi connectivity index (χ0) is 0. The largest absolute Gasteiger partial charge is 2.00 e. The van der Waals surface area contributed by atoms with Crippen LogP contribution in [-0.2, 0) is 27.3 Å². The van der Waals surface area contributed by atoms with E-state index in [1.165, 1.54) is 0 Å². The van der Waals surface area contributed by atoms with E-state index in [-0.39, 0.29) is 50.7 Å². The topological polar surface area (TPSA) is 63.0 Å². The molecule has 0 unspecified atom stereocenters. The average Bonchev–Trinajstić information content (AvgIpc) is 0. The first-order valence-electron chi connectivity index (χ1n) is 0. The van der Waals surface area contributed by atoms with Gasteiger partial charge in [-0.15, -0.1) is 0 Å². The van der Waals surface area contributed by atoms with Gasteiger partial charge in [-0.2, -0.15) is 0 Å². The van der Waals surface area contributed by atoms with Crippen molar-refractivity contribution < 1.29 is 50.7 Å². The zero-order valence-electron chi connectivity index (χ0n) is 2.09. The van der Waals surface area contributed by atoms with Crippen molar-refractivity contribution in [2.24, 2.45) is 0 Å². The molecule has 0 aliphatic carbocycles. The number of halogens is 1. The smallest absolute Gasteiger partial charge is 1.00 e. The molecular weight excluding hydrogens is 180 g/mol. The maximum absolute atomic E-state index is 0. The van der Waals surface area contributed by atoms with Crippen molar-refractivity contribution in [2.45, 2.75) is 0 Å². The van der Waals surface area contributed by atoms with Crippen LogP contribution < -0.4 is 12.4 Å². The molecule has 0 radical (unpaired) electrons. The van der Waals surface area contributed by atoms with E-state index in [9.17, 15) is 0 Å². The Morgan fingerprint density at radius 3 is 0.750 bits per heavy atom. The Morgan fingerprint density at radius 2 is 0.750 bits per heavy atom. The summed E-state index contributed by atoms with van der Waals surface area (Å²) in [5.41, 5.74) is 0. The first kappa shape index (κ1) is 68.4. The molecule has 0 saturated carbocycles. The van der Waals surface area contributed by atoms with E-state index in [0.717, 1.165) is 0 Å². The van der Waals surface area contributed by atoms with Crippen LogP contribution in [0.4, 0.5) is 0 Å². The van der Waals surface area contributed by atoms with Gasteiger partial charge in [-0.25, -0.2) is 0 Å². The van der Waals surface area contributed by atoms with E-state index < -0.39 is 0 Å². The summed E-state index contributed by atoms with van der Waals surface area (Å²) in [6.07, 6.45) is 0. The Morgan fingerprint density at radius 1 is 0.750 bits per heavy atom. The van der Waals surface area contributed by atoms with Crippen LogP contribution in [0.25, 0.3) is 0 Å². The summed E-state index contributed by atoms with van der Waals surface area (Å²) < 4.78 is 0. The summed E-state index contributed by atoms with van der Waals surface area (Å²) in [7, 11) is 0. The van der Waals surface area contributed by atoms with Crippen LogP contribution in [0.15, 0.2) is 0 Å². The molecule has 0 aromatic carbocycles. The number of hydrogen-bond donors (Lipinski definition) is 0. The molecule has 0 aliphatic rings. The summed E-state index contributed by atoms with van der Waals surface area (Å²) >= 11 is 0. The van der Waals surface area contributed by atoms with Crippen LogP contribution in [-0.4, -0.2) is 11.0 Å². The Hall–Kier alpha value is 1.13. The van der Waals surface area contributed by atoms with Gasteiger partial charge in [-0.3, -0.25) is 0 Å². The average molecular weight is 184 g/mol. The second kappa shape index (κ2) is 31.6. The summed E-state index contributed by atoms with van der Waals surface area (Å²) in [5, 5.41) is 0. The van der Waals surface area contributed by atoms with Crippen LogP contribution in [0, 0.1) is 0 Å². The van der Waals surface area contributed by atoms with Crippen molar-refractivity contribution >= 4 is 0 Å². The molecule has 0 aliphatic heterocycles. The van der Waals surface area contributed by atoms with Crippen molar-refractivity contribution in [3.63, 3.8) is 0 Å². The van der Waals surface area contributed by atoms with Crippen molar-refractivity contribution in [2.75, 3.05) is 0 Å². The minimum atomic E-state index is 0. The van der Waals surface area contributed by atoms with Crippen LogP contribution in [0.2, 0.25) is 0 Å². The normalized spacial score (nSPS) is 0. The molecule has 0 bridgehead atoms. The van der Waals surface area contributed by atoms with E-state index in [1.807, 2.05) is 0 Å². The second-order valence-corrected chi connectivity index (χ2v) is 0. The Balaban J connectivity index is 0. The van der Waals surface area contributed by atoms with Crippen molar-refractivity contribution in [1.82, 2.24) is 0 Å². The second-order valence-electron chi connectivity index (χ2n) is 0. The SMILES string of the molecule is O.O.[Cd+2].[Cl-]. The Bertz CT molecular complexity index is 6.00. The third kappa shape index (κ3) is 11.1. The predicted octanol–water partition coefficient (Wildman–Crippen LogP) is -4.65. The molecule has 0 heterocycles. The van der Waals surface area contributed by atoms with Gasteiger partial charge in [0.05, 0.1) is 0 Å². The van der Waals surface area contributed by atoms with Crippen LogP contribution in [0.3, 0.4) is 0 Å². The molecule has 0 rings (SSSR count). The molecule has 0 fully saturated rings. The van der Waals surface area contributed by atoms with Crippen molar-refractivity contribution in [3.8, 4) is 0 Å². The van der Waals surface area contributed by atoms with Crippen LogP contribution in [0.1, 0.15) is 0 Å². The van der Waals surface area contributed by atoms with Gasteiger partial charge in [0.1, 0.15) is 0 Å². The molecule has 0 aromatic heterocycles. The van der Waals surface area contributed by atoms with Gasteiger partial charge in [0.2, 0.25) is 0 Å². The van der Waals surface area contributed by atoms with E-state index in [1.54, 1.807) is 0 Å². The standard InChI is InChI=1S/Cd.ClH.2H2O/h;1H;2*1H2/q+2;;;/p-1. The molecule has 0 aromatic rings. The van der Waals surface area contributed by atoms with Crippen LogP contribution >= 0.6 is 0 Å². The minimum Gasteiger partial charge on any atom is -1.00 e. The first-order chi connectivity index (χ1) is 0. The Labute approximate surface area is 50.8 Å². The molecule has 4 heavy (non-hydrogen) atoms. The van der Waals surface area contributed by atoms with Gasteiger partial charge in [-0.1, -0.05) is 0 Å². The van der Waals surface area contributed by atoms with Crippen LogP contribution in [0.5, 0.6) is 0 Å². The fraction of sp³-hybridized carbons (Fsp3) is 0. The van der Waals surface area contributed by atoms with Gasteiger partial charge < -0.3 is 23.4 Å². The summed E-state index contributed by atoms with van der Waals surface area (Å²) in [6.45, 7) is 0. The molecule has 2 nitrogen and oxygen atoms in total. The van der Waals surface area contributed by atoms with Gasteiger partial charge in [0.15, 0.2) is 0 Å². The molecule has 0 saturated heterocycles. The number of hydrogen-bond acceptors (Lipinski definition) is 0. The Kier molecular flexibility index (Phi) is 541. The summed E-state index contributed by atoms with van der Waals surface area (Å²) in [6, 6.07) is 0. The van der Waals surface area contributed by atoms with Crippen molar-refractivity contribution in [3.05, 3.63) is 0 Å². The maximum atomic E-state index is 0. The molecule has 4 N–H and O–H groups in total. The summed E-state index contributed by atoms with van der Waals surface area (Å²) in [5.74, 6) is 0. The fourth-order valence-electron chi connectivity index (χ4n) is 0. The van der Waals surface area contributed by atoms with Gasteiger partial charge in [0, 0.05) is 0 Å². The molecule has 0 amide bonds. The minimum absolute atomic E-state index is 0. The molecule has 4 heteroatoms. The first-order valence-corrected chi connectivity index (χ1v) is 0. The van der Waals surface area contributed by atoms with Crippen molar-refractivity contribution in [1.29, 1.82) is 0 Å². The van der Waals surface area contributed by atoms with E-state index >= 15 is 0 Å².